The van der Waals surface area contributed by atoms with Crippen LogP contribution >= 0.6 is 0 Å². The number of nitrogens with one attached hydrogen (secondary N) is 1. The Hall–Kier alpha value is -1.97. The fourth-order valence-corrected chi connectivity index (χ4v) is 2.04. The van der Waals surface area contributed by atoms with Crippen LogP contribution in [0.3, 0.4) is 0 Å². The summed E-state index contributed by atoms with van der Waals surface area (Å²) >= 11 is 0. The molecule has 0 radical (unpaired) electrons. The first-order valence-corrected chi connectivity index (χ1v) is 6.67. The summed E-state index contributed by atoms with van der Waals surface area (Å²) in [7, 11) is 0. The summed E-state index contributed by atoms with van der Waals surface area (Å²) in [5.74, 6) is 1.38. The van der Waals surface area contributed by atoms with Crippen LogP contribution in [0.15, 0.2) is 18.2 Å². The number of aromatic amines is 1. The molecule has 0 atom stereocenters. The van der Waals surface area contributed by atoms with Crippen LogP contribution in [-0.4, -0.2) is 16.8 Å². The summed E-state index contributed by atoms with van der Waals surface area (Å²) in [5, 5.41) is 6.96. The zero-order chi connectivity index (χ0) is 13.8. The van der Waals surface area contributed by atoms with Gasteiger partial charge in [0, 0.05) is 11.6 Å². The van der Waals surface area contributed by atoms with Gasteiger partial charge in [-0.05, 0) is 37.5 Å². The van der Waals surface area contributed by atoms with E-state index in [2.05, 4.69) is 37.0 Å². The third kappa shape index (κ3) is 2.89. The molecule has 1 heterocycles. The maximum absolute atomic E-state index is 5.89. The van der Waals surface area contributed by atoms with Crippen LogP contribution < -0.4 is 10.5 Å². The van der Waals surface area contributed by atoms with Crippen molar-refractivity contribution in [2.24, 2.45) is 0 Å². The van der Waals surface area contributed by atoms with Crippen LogP contribution in [0, 0.1) is 13.8 Å². The Bertz CT molecular complexity index is 561. The second-order valence-electron chi connectivity index (χ2n) is 4.79. The maximum atomic E-state index is 5.89. The molecule has 2 aromatic rings. The average Bonchev–Trinajstić information content (AvgIpc) is 2.80. The lowest BCUT2D eigenvalue weighted by atomic mass is 10.00. The summed E-state index contributed by atoms with van der Waals surface area (Å²) < 4.78 is 5.89. The van der Waals surface area contributed by atoms with Gasteiger partial charge < -0.3 is 10.5 Å². The number of nitrogens with zero attached hydrogens (tertiary/aromatic N) is 1. The van der Waals surface area contributed by atoms with Crippen LogP contribution in [0.2, 0.25) is 0 Å². The van der Waals surface area contributed by atoms with E-state index in [1.165, 1.54) is 11.1 Å². The molecule has 0 saturated heterocycles. The van der Waals surface area contributed by atoms with Crippen molar-refractivity contribution in [1.29, 1.82) is 0 Å². The summed E-state index contributed by atoms with van der Waals surface area (Å²) in [6.07, 6.45) is 2.18. The smallest absolute Gasteiger partial charge is 0.145 e. The summed E-state index contributed by atoms with van der Waals surface area (Å²) in [4.78, 5) is 0. The Morgan fingerprint density at radius 3 is 2.74 bits per heavy atom. The van der Waals surface area contributed by atoms with Crippen molar-refractivity contribution in [2.45, 2.75) is 33.6 Å². The molecule has 1 aromatic heterocycles. The van der Waals surface area contributed by atoms with Gasteiger partial charge >= 0.3 is 0 Å². The highest BCUT2D eigenvalue weighted by Gasteiger charge is 2.13. The maximum Gasteiger partial charge on any atom is 0.145 e. The minimum atomic E-state index is 0.496. The van der Waals surface area contributed by atoms with Crippen LogP contribution in [0.5, 0.6) is 5.75 Å². The number of anilines is 1. The van der Waals surface area contributed by atoms with Crippen molar-refractivity contribution >= 4 is 5.82 Å². The van der Waals surface area contributed by atoms with Gasteiger partial charge in [-0.25, -0.2) is 0 Å². The third-order valence-electron chi connectivity index (χ3n) is 3.32. The molecule has 0 unspecified atom stereocenters. The molecular weight excluding hydrogens is 238 g/mol. The first-order valence-electron chi connectivity index (χ1n) is 6.67. The van der Waals surface area contributed by atoms with Crippen molar-refractivity contribution < 1.29 is 4.74 Å². The summed E-state index contributed by atoms with van der Waals surface area (Å²) in [6, 6.07) is 5.94. The average molecular weight is 259 g/mol. The highest BCUT2D eigenvalue weighted by Crippen LogP contribution is 2.34. The molecule has 0 aliphatic heterocycles. The van der Waals surface area contributed by atoms with Crippen LogP contribution in [-0.2, 0) is 0 Å². The Morgan fingerprint density at radius 2 is 2.11 bits per heavy atom. The first-order chi connectivity index (χ1) is 9.13. The molecule has 0 saturated carbocycles. The molecule has 3 N–H and O–H groups in total. The molecular formula is C15H21N3O. The van der Waals surface area contributed by atoms with Gasteiger partial charge in [0.2, 0.25) is 0 Å². The molecule has 0 fully saturated rings. The number of nitrogen functional groups attached to an aromatic ring is 1. The third-order valence-corrected chi connectivity index (χ3v) is 3.32. The Kier molecular flexibility index (Phi) is 4.10. The van der Waals surface area contributed by atoms with E-state index in [0.717, 1.165) is 36.5 Å². The molecule has 1 aromatic carbocycles. The van der Waals surface area contributed by atoms with Crippen molar-refractivity contribution in [3.63, 3.8) is 0 Å². The van der Waals surface area contributed by atoms with Crippen LogP contribution in [0.4, 0.5) is 5.82 Å². The second-order valence-corrected chi connectivity index (χ2v) is 4.79. The summed E-state index contributed by atoms with van der Waals surface area (Å²) in [5.41, 5.74) is 10.1. The van der Waals surface area contributed by atoms with Gasteiger partial charge in [0.15, 0.2) is 0 Å². The van der Waals surface area contributed by atoms with Crippen molar-refractivity contribution in [1.82, 2.24) is 10.2 Å². The highest BCUT2D eigenvalue weighted by atomic mass is 16.5. The predicted molar refractivity (Wildman–Crippen MR) is 78.3 cm³/mol. The van der Waals surface area contributed by atoms with E-state index in [-0.39, 0.29) is 0 Å². The number of nitrogens with two attached hydrogens (primary N) is 1. The van der Waals surface area contributed by atoms with Crippen LogP contribution in [0.25, 0.3) is 11.3 Å². The van der Waals surface area contributed by atoms with E-state index >= 15 is 0 Å². The summed E-state index contributed by atoms with van der Waals surface area (Å²) in [6.45, 7) is 7.07. The number of hydrogen-bond donors (Lipinski definition) is 2. The number of aryl methyl sites for hydroxylation is 1. The topological polar surface area (TPSA) is 63.9 Å². The number of hydrogen-bond acceptors (Lipinski definition) is 3. The van der Waals surface area contributed by atoms with Gasteiger partial charge in [0.25, 0.3) is 0 Å². The van der Waals surface area contributed by atoms with E-state index in [0.29, 0.717) is 5.82 Å². The van der Waals surface area contributed by atoms with E-state index in [1.54, 1.807) is 0 Å². The molecule has 4 nitrogen and oxygen atoms in total. The largest absolute Gasteiger partial charge is 0.493 e. The fourth-order valence-electron chi connectivity index (χ4n) is 2.04. The zero-order valence-corrected chi connectivity index (χ0v) is 11.8. The molecule has 0 amide bonds. The quantitative estimate of drug-likeness (QED) is 0.808. The number of aromatic nitrogens is 2. The van der Waals surface area contributed by atoms with E-state index in [9.17, 15) is 0 Å². The zero-order valence-electron chi connectivity index (χ0n) is 11.8. The first kappa shape index (κ1) is 13.5. The van der Waals surface area contributed by atoms with Crippen molar-refractivity contribution in [3.8, 4) is 17.0 Å². The molecule has 4 heteroatoms. The number of ether oxygens (including phenoxy) is 1. The van der Waals surface area contributed by atoms with Gasteiger partial charge in [-0.2, -0.15) is 5.10 Å². The van der Waals surface area contributed by atoms with Gasteiger partial charge in [0.1, 0.15) is 11.6 Å². The van der Waals surface area contributed by atoms with Gasteiger partial charge in [-0.3, -0.25) is 5.10 Å². The Balaban J connectivity index is 2.40. The Labute approximate surface area is 114 Å². The van der Waals surface area contributed by atoms with Gasteiger partial charge in [-0.15, -0.1) is 0 Å². The monoisotopic (exact) mass is 259 g/mol. The highest BCUT2D eigenvalue weighted by molar-refractivity contribution is 5.73. The fraction of sp³-hybridized carbons (Fsp3) is 0.400. The number of rotatable bonds is 5. The number of benzene rings is 1. The lowest BCUT2D eigenvalue weighted by molar-refractivity contribution is 0.310. The Morgan fingerprint density at radius 1 is 1.32 bits per heavy atom. The molecule has 102 valence electrons. The minimum absolute atomic E-state index is 0.496. The lowest BCUT2D eigenvalue weighted by Crippen LogP contribution is -2.00. The van der Waals surface area contributed by atoms with Gasteiger partial charge in [-0.1, -0.05) is 19.4 Å². The van der Waals surface area contributed by atoms with Crippen LogP contribution in [0.1, 0.15) is 30.9 Å². The lowest BCUT2D eigenvalue weighted by Gasteiger charge is -2.14. The standard InChI is InChI=1S/C15H21N3O/c1-4-5-8-19-13-7-6-10(2)11(3)15(13)12-9-14(16)18-17-12/h6-7,9H,4-5,8H2,1-3H3,(H3,16,17,18). The molecule has 0 aliphatic rings. The van der Waals surface area contributed by atoms with Crippen molar-refractivity contribution in [3.05, 3.63) is 29.3 Å². The van der Waals surface area contributed by atoms with E-state index < -0.39 is 0 Å². The van der Waals surface area contributed by atoms with E-state index in [1.807, 2.05) is 12.1 Å². The number of unbranched alkanes of at least 4 members (excludes halogenated alkanes) is 1. The predicted octanol–water partition coefficient (Wildman–Crippen LogP) is 3.45. The second kappa shape index (κ2) is 5.78. The molecule has 0 aliphatic carbocycles. The molecule has 0 bridgehead atoms. The number of H-pyrrole nitrogens is 1. The normalized spacial score (nSPS) is 10.7. The molecule has 0 spiro atoms. The van der Waals surface area contributed by atoms with E-state index in [4.69, 9.17) is 10.5 Å². The molecule has 19 heavy (non-hydrogen) atoms. The molecule has 2 rings (SSSR count). The minimum Gasteiger partial charge on any atom is -0.493 e. The van der Waals surface area contributed by atoms with Crippen molar-refractivity contribution in [2.75, 3.05) is 12.3 Å². The SMILES string of the molecule is CCCCOc1ccc(C)c(C)c1-c1cc(N)n[nH]1. The van der Waals surface area contributed by atoms with Gasteiger partial charge in [0.05, 0.1) is 12.3 Å².